The number of pyridine rings is 1. The highest BCUT2D eigenvalue weighted by Crippen LogP contribution is 2.28. The molecule has 0 aromatic carbocycles. The van der Waals surface area contributed by atoms with Crippen LogP contribution in [0.15, 0.2) is 36.8 Å². The fourth-order valence-corrected chi connectivity index (χ4v) is 1.77. The molecule has 0 fully saturated rings. The van der Waals surface area contributed by atoms with Crippen LogP contribution < -0.4 is 5.32 Å². The highest BCUT2D eigenvalue weighted by molar-refractivity contribution is 5.30. The summed E-state index contributed by atoms with van der Waals surface area (Å²) in [6, 6.07) is 4.58. The zero-order valence-corrected chi connectivity index (χ0v) is 11.6. The number of alkyl halides is 3. The number of rotatable bonds is 4. The van der Waals surface area contributed by atoms with Gasteiger partial charge in [-0.2, -0.15) is 13.2 Å². The predicted octanol–water partition coefficient (Wildman–Crippen LogP) is 3.28. The van der Waals surface area contributed by atoms with Gasteiger partial charge in [0.05, 0.1) is 0 Å². The number of nitrogens with one attached hydrogen (secondary N) is 1. The van der Waals surface area contributed by atoms with E-state index in [-0.39, 0.29) is 11.4 Å². The van der Waals surface area contributed by atoms with Crippen LogP contribution in [0.2, 0.25) is 0 Å². The Balaban J connectivity index is 2.10. The molecule has 0 spiro atoms. The third-order valence-corrected chi connectivity index (χ3v) is 3.08. The molecule has 7 heteroatoms. The topological polar surface area (TPSA) is 50.7 Å². The Morgan fingerprint density at radius 3 is 2.52 bits per heavy atom. The zero-order chi connectivity index (χ0) is 15.5. The molecule has 0 atom stereocenters. The zero-order valence-electron chi connectivity index (χ0n) is 11.6. The monoisotopic (exact) mass is 296 g/mol. The van der Waals surface area contributed by atoms with E-state index in [0.717, 1.165) is 17.8 Å². The van der Waals surface area contributed by atoms with Crippen LogP contribution in [0.25, 0.3) is 0 Å². The number of anilines is 1. The molecular formula is C14H15F3N4. The molecule has 112 valence electrons. The van der Waals surface area contributed by atoms with Crippen molar-refractivity contribution in [2.24, 2.45) is 0 Å². The number of aromatic nitrogens is 3. The van der Waals surface area contributed by atoms with Crippen molar-refractivity contribution in [3.8, 4) is 0 Å². The molecule has 1 N–H and O–H groups in total. The lowest BCUT2D eigenvalue weighted by molar-refractivity contribution is -0.141. The third-order valence-electron chi connectivity index (χ3n) is 3.08. The first-order valence-corrected chi connectivity index (χ1v) is 6.34. The smallest absolute Gasteiger partial charge is 0.353 e. The predicted molar refractivity (Wildman–Crippen MR) is 72.8 cm³/mol. The maximum Gasteiger partial charge on any atom is 0.433 e. The van der Waals surface area contributed by atoms with Gasteiger partial charge in [0.2, 0.25) is 5.95 Å². The first-order valence-electron chi connectivity index (χ1n) is 6.34. The van der Waals surface area contributed by atoms with Gasteiger partial charge in [0.15, 0.2) is 0 Å². The van der Waals surface area contributed by atoms with E-state index in [1.54, 1.807) is 12.4 Å². The summed E-state index contributed by atoms with van der Waals surface area (Å²) >= 11 is 0. The fourth-order valence-electron chi connectivity index (χ4n) is 1.77. The SMILES string of the molecule is CC(C)(CNc1nccc(C(F)(F)F)n1)c1cccnc1. The summed E-state index contributed by atoms with van der Waals surface area (Å²) in [6.45, 7) is 4.31. The van der Waals surface area contributed by atoms with E-state index in [4.69, 9.17) is 0 Å². The molecule has 0 unspecified atom stereocenters. The fraction of sp³-hybridized carbons (Fsp3) is 0.357. The lowest BCUT2D eigenvalue weighted by Crippen LogP contribution is -2.28. The normalized spacial score (nSPS) is 12.2. The van der Waals surface area contributed by atoms with Gasteiger partial charge in [0, 0.05) is 30.6 Å². The van der Waals surface area contributed by atoms with Crippen LogP contribution in [0, 0.1) is 0 Å². The number of halogens is 3. The van der Waals surface area contributed by atoms with Crippen LogP contribution in [-0.4, -0.2) is 21.5 Å². The van der Waals surface area contributed by atoms with Crippen LogP contribution in [0.1, 0.15) is 25.1 Å². The Labute approximate surface area is 120 Å². The van der Waals surface area contributed by atoms with Gasteiger partial charge in [0.1, 0.15) is 5.69 Å². The molecule has 0 aliphatic rings. The molecule has 2 aromatic rings. The van der Waals surface area contributed by atoms with E-state index in [1.165, 1.54) is 0 Å². The van der Waals surface area contributed by atoms with Crippen LogP contribution in [0.4, 0.5) is 19.1 Å². The second-order valence-corrected chi connectivity index (χ2v) is 5.24. The summed E-state index contributed by atoms with van der Waals surface area (Å²) in [6.07, 6.45) is 0.0189. The van der Waals surface area contributed by atoms with Crippen molar-refractivity contribution in [1.82, 2.24) is 15.0 Å². The molecule has 0 amide bonds. The van der Waals surface area contributed by atoms with E-state index in [9.17, 15) is 13.2 Å². The quantitative estimate of drug-likeness (QED) is 0.940. The van der Waals surface area contributed by atoms with Gasteiger partial charge in [0.25, 0.3) is 0 Å². The Morgan fingerprint density at radius 1 is 1.14 bits per heavy atom. The maximum absolute atomic E-state index is 12.6. The highest BCUT2D eigenvalue weighted by atomic mass is 19.4. The summed E-state index contributed by atoms with van der Waals surface area (Å²) < 4.78 is 37.7. The van der Waals surface area contributed by atoms with Gasteiger partial charge >= 0.3 is 6.18 Å². The summed E-state index contributed by atoms with van der Waals surface area (Å²) in [7, 11) is 0. The third kappa shape index (κ3) is 3.90. The van der Waals surface area contributed by atoms with E-state index < -0.39 is 11.9 Å². The van der Waals surface area contributed by atoms with Crippen LogP contribution >= 0.6 is 0 Å². The van der Waals surface area contributed by atoms with Crippen LogP contribution in [-0.2, 0) is 11.6 Å². The second-order valence-electron chi connectivity index (χ2n) is 5.24. The largest absolute Gasteiger partial charge is 0.433 e. The molecule has 4 nitrogen and oxygen atoms in total. The van der Waals surface area contributed by atoms with Crippen molar-refractivity contribution >= 4 is 5.95 Å². The molecular weight excluding hydrogens is 281 g/mol. The Kier molecular flexibility index (Phi) is 4.11. The molecule has 0 bridgehead atoms. The molecule has 0 saturated heterocycles. The van der Waals surface area contributed by atoms with E-state index >= 15 is 0 Å². The van der Waals surface area contributed by atoms with Crippen molar-refractivity contribution in [2.75, 3.05) is 11.9 Å². The van der Waals surface area contributed by atoms with Gasteiger partial charge in [-0.3, -0.25) is 4.98 Å². The first-order chi connectivity index (χ1) is 9.79. The molecule has 2 heterocycles. The summed E-state index contributed by atoms with van der Waals surface area (Å²) in [4.78, 5) is 11.3. The average molecular weight is 296 g/mol. The van der Waals surface area contributed by atoms with Crippen molar-refractivity contribution in [3.63, 3.8) is 0 Å². The lowest BCUT2D eigenvalue weighted by Gasteiger charge is -2.25. The highest BCUT2D eigenvalue weighted by Gasteiger charge is 2.33. The molecule has 2 rings (SSSR count). The number of nitrogens with zero attached hydrogens (tertiary/aromatic N) is 3. The molecule has 21 heavy (non-hydrogen) atoms. The van der Waals surface area contributed by atoms with Gasteiger partial charge in [-0.1, -0.05) is 19.9 Å². The van der Waals surface area contributed by atoms with Gasteiger partial charge < -0.3 is 5.32 Å². The molecule has 0 aliphatic carbocycles. The summed E-state index contributed by atoms with van der Waals surface area (Å²) in [5, 5.41) is 2.85. The van der Waals surface area contributed by atoms with E-state index in [0.29, 0.717) is 6.54 Å². The minimum Gasteiger partial charge on any atom is -0.353 e. The molecule has 0 saturated carbocycles. The van der Waals surface area contributed by atoms with E-state index in [1.807, 2.05) is 26.0 Å². The van der Waals surface area contributed by atoms with Crippen LogP contribution in [0.3, 0.4) is 0 Å². The number of hydrogen-bond donors (Lipinski definition) is 1. The second kappa shape index (κ2) is 5.67. The van der Waals surface area contributed by atoms with Crippen molar-refractivity contribution in [1.29, 1.82) is 0 Å². The van der Waals surface area contributed by atoms with Crippen LogP contribution in [0.5, 0.6) is 0 Å². The van der Waals surface area contributed by atoms with Gasteiger partial charge in [-0.05, 0) is 17.7 Å². The molecule has 0 aliphatic heterocycles. The van der Waals surface area contributed by atoms with Gasteiger partial charge in [-0.25, -0.2) is 9.97 Å². The minimum atomic E-state index is -4.47. The van der Waals surface area contributed by atoms with Gasteiger partial charge in [-0.15, -0.1) is 0 Å². The van der Waals surface area contributed by atoms with Crippen molar-refractivity contribution < 1.29 is 13.2 Å². The Morgan fingerprint density at radius 2 is 1.90 bits per heavy atom. The summed E-state index contributed by atoms with van der Waals surface area (Å²) in [5.74, 6) is -0.0400. The van der Waals surface area contributed by atoms with Crippen molar-refractivity contribution in [2.45, 2.75) is 25.4 Å². The first kappa shape index (κ1) is 15.2. The Hall–Kier alpha value is -2.18. The average Bonchev–Trinajstić information content (AvgIpc) is 2.46. The minimum absolute atomic E-state index is 0.0400. The molecule has 0 radical (unpaired) electrons. The van der Waals surface area contributed by atoms with Crippen molar-refractivity contribution in [3.05, 3.63) is 48.0 Å². The number of hydrogen-bond acceptors (Lipinski definition) is 4. The summed E-state index contributed by atoms with van der Waals surface area (Å²) in [5.41, 5.74) is -0.296. The molecule has 2 aromatic heterocycles. The standard InChI is InChI=1S/C14H15F3N4/c1-13(2,10-4-3-6-18-8-10)9-20-12-19-7-5-11(21-12)14(15,16)17/h3-8H,9H2,1-2H3,(H,19,20,21). The maximum atomic E-state index is 12.6. The lowest BCUT2D eigenvalue weighted by atomic mass is 9.86. The van der Waals surface area contributed by atoms with E-state index in [2.05, 4.69) is 20.3 Å². The Bertz CT molecular complexity index is 597.